The lowest BCUT2D eigenvalue weighted by atomic mass is 10.3. The predicted octanol–water partition coefficient (Wildman–Crippen LogP) is 0.478. The summed E-state index contributed by atoms with van der Waals surface area (Å²) in [5.41, 5.74) is 8.05. The summed E-state index contributed by atoms with van der Waals surface area (Å²) in [6, 6.07) is 0. The summed E-state index contributed by atoms with van der Waals surface area (Å²) in [4.78, 5) is 2.54. The summed E-state index contributed by atoms with van der Waals surface area (Å²) < 4.78 is 15.2. The molecule has 8 heteroatoms. The largest absolute Gasteiger partial charge is 0.391 e. The molecular formula is C11H23N3O5. The van der Waals surface area contributed by atoms with Crippen LogP contribution in [0.2, 0.25) is 0 Å². The Balaban J connectivity index is 3.20. The second-order valence-electron chi connectivity index (χ2n) is 4.03. The number of aliphatic hydroxyl groups is 2. The first-order valence-corrected chi connectivity index (χ1v) is 6.22. The third-order valence-electron chi connectivity index (χ3n) is 2.16. The molecule has 0 aliphatic rings. The number of ether oxygens (including phenoxy) is 3. The van der Waals surface area contributed by atoms with Gasteiger partial charge in [-0.25, -0.2) is 0 Å². The van der Waals surface area contributed by atoms with Crippen LogP contribution in [0.1, 0.15) is 12.8 Å². The molecule has 0 fully saturated rings. The van der Waals surface area contributed by atoms with E-state index in [-0.39, 0.29) is 26.4 Å². The van der Waals surface area contributed by atoms with Gasteiger partial charge < -0.3 is 24.4 Å². The number of azide groups is 1. The minimum atomic E-state index is -0.753. The molecule has 0 aromatic heterocycles. The maximum absolute atomic E-state index is 9.29. The van der Waals surface area contributed by atoms with Crippen molar-refractivity contribution in [1.29, 1.82) is 0 Å². The van der Waals surface area contributed by atoms with E-state index < -0.39 is 12.2 Å². The summed E-state index contributed by atoms with van der Waals surface area (Å²) in [5, 5.41) is 21.8. The van der Waals surface area contributed by atoms with Crippen LogP contribution in [-0.2, 0) is 14.2 Å². The van der Waals surface area contributed by atoms with Crippen LogP contribution >= 0.6 is 0 Å². The van der Waals surface area contributed by atoms with Crippen molar-refractivity contribution in [3.05, 3.63) is 10.4 Å². The number of hydrogen-bond donors (Lipinski definition) is 2. The fraction of sp³-hybridized carbons (Fsp3) is 1.00. The monoisotopic (exact) mass is 277 g/mol. The Morgan fingerprint density at radius 2 is 1.63 bits per heavy atom. The molecule has 8 nitrogen and oxygen atoms in total. The van der Waals surface area contributed by atoms with E-state index in [9.17, 15) is 10.2 Å². The zero-order chi connectivity index (χ0) is 14.3. The van der Waals surface area contributed by atoms with E-state index in [0.29, 0.717) is 13.2 Å². The molecule has 0 aliphatic heterocycles. The Morgan fingerprint density at radius 3 is 2.16 bits per heavy atom. The molecule has 0 radical (unpaired) electrons. The maximum Gasteiger partial charge on any atom is 0.101 e. The average Bonchev–Trinajstić information content (AvgIpc) is 2.39. The van der Waals surface area contributed by atoms with Crippen molar-refractivity contribution in [3.63, 3.8) is 0 Å². The third-order valence-corrected chi connectivity index (χ3v) is 2.16. The van der Waals surface area contributed by atoms with Crippen molar-refractivity contribution in [2.45, 2.75) is 25.0 Å². The summed E-state index contributed by atoms with van der Waals surface area (Å²) in [6.45, 7) is 1.78. The number of methoxy groups -OCH3 is 1. The third kappa shape index (κ3) is 13.3. The molecule has 0 bridgehead atoms. The van der Waals surface area contributed by atoms with E-state index in [1.165, 1.54) is 7.11 Å². The molecule has 112 valence electrons. The molecule has 0 aromatic rings. The van der Waals surface area contributed by atoms with E-state index >= 15 is 0 Å². The Hall–Kier alpha value is -0.890. The normalized spacial score (nSPS) is 13.8. The van der Waals surface area contributed by atoms with Gasteiger partial charge in [-0.15, -0.1) is 0 Å². The molecule has 0 aromatic carbocycles. The predicted molar refractivity (Wildman–Crippen MR) is 68.8 cm³/mol. The van der Waals surface area contributed by atoms with Gasteiger partial charge in [0.15, 0.2) is 0 Å². The summed E-state index contributed by atoms with van der Waals surface area (Å²) >= 11 is 0. The number of hydrogen-bond acceptors (Lipinski definition) is 6. The molecule has 19 heavy (non-hydrogen) atoms. The topological polar surface area (TPSA) is 117 Å². The van der Waals surface area contributed by atoms with E-state index in [1.54, 1.807) is 0 Å². The number of aliphatic hydroxyl groups excluding tert-OH is 2. The minimum absolute atomic E-state index is 0.0248. The fourth-order valence-electron chi connectivity index (χ4n) is 1.27. The Bertz CT molecular complexity index is 248. The number of rotatable bonds is 13. The zero-order valence-electron chi connectivity index (χ0n) is 11.3. The van der Waals surface area contributed by atoms with Crippen LogP contribution in [0.3, 0.4) is 0 Å². The highest BCUT2D eigenvalue weighted by atomic mass is 16.5. The van der Waals surface area contributed by atoms with E-state index in [1.807, 2.05) is 0 Å². The summed E-state index contributed by atoms with van der Waals surface area (Å²) in [6.07, 6.45) is 0.272. The molecule has 0 amide bonds. The van der Waals surface area contributed by atoms with Gasteiger partial charge in [-0.2, -0.15) is 0 Å². The molecular weight excluding hydrogens is 254 g/mol. The van der Waals surface area contributed by atoms with Crippen molar-refractivity contribution in [2.24, 2.45) is 5.11 Å². The van der Waals surface area contributed by atoms with Crippen LogP contribution < -0.4 is 0 Å². The van der Waals surface area contributed by atoms with Crippen LogP contribution in [0, 0.1) is 0 Å². The highest BCUT2D eigenvalue weighted by molar-refractivity contribution is 4.58. The Labute approximate surface area is 112 Å². The van der Waals surface area contributed by atoms with Gasteiger partial charge >= 0.3 is 0 Å². The first-order valence-electron chi connectivity index (χ1n) is 6.22. The van der Waals surface area contributed by atoms with E-state index in [0.717, 1.165) is 12.8 Å². The van der Waals surface area contributed by atoms with Gasteiger partial charge in [0.1, 0.15) is 6.10 Å². The van der Waals surface area contributed by atoms with E-state index in [2.05, 4.69) is 10.0 Å². The highest BCUT2D eigenvalue weighted by Gasteiger charge is 2.03. The number of nitrogens with zero attached hydrogens (tertiary/aromatic N) is 3. The first-order chi connectivity index (χ1) is 9.20. The van der Waals surface area contributed by atoms with Gasteiger partial charge in [-0.1, -0.05) is 5.11 Å². The zero-order valence-corrected chi connectivity index (χ0v) is 11.3. The molecule has 2 unspecified atom stereocenters. The SMILES string of the molecule is COCC(O)COCCCCOCC(O)CN=[N+]=[N-]. The van der Waals surface area contributed by atoms with Gasteiger partial charge in [-0.05, 0) is 18.4 Å². The second-order valence-corrected chi connectivity index (χ2v) is 4.03. The lowest BCUT2D eigenvalue weighted by Gasteiger charge is -2.10. The van der Waals surface area contributed by atoms with Gasteiger partial charge in [0.05, 0.1) is 32.5 Å². The van der Waals surface area contributed by atoms with Gasteiger partial charge in [0, 0.05) is 25.2 Å². The molecule has 0 saturated carbocycles. The quantitative estimate of drug-likeness (QED) is 0.220. The first kappa shape index (κ1) is 18.1. The highest BCUT2D eigenvalue weighted by Crippen LogP contribution is 1.95. The van der Waals surface area contributed by atoms with Crippen LogP contribution in [0.15, 0.2) is 5.11 Å². The maximum atomic E-state index is 9.29. The van der Waals surface area contributed by atoms with Gasteiger partial charge in [-0.3, -0.25) is 0 Å². The smallest absolute Gasteiger partial charge is 0.101 e. The van der Waals surface area contributed by atoms with Gasteiger partial charge in [0.25, 0.3) is 0 Å². The molecule has 2 atom stereocenters. The van der Waals surface area contributed by atoms with Crippen LogP contribution in [0.5, 0.6) is 0 Å². The van der Waals surface area contributed by atoms with Crippen LogP contribution in [0.4, 0.5) is 0 Å². The Kier molecular flexibility index (Phi) is 12.9. The van der Waals surface area contributed by atoms with E-state index in [4.69, 9.17) is 19.7 Å². The molecule has 0 rings (SSSR count). The summed E-state index contributed by atoms with van der Waals surface area (Å²) in [7, 11) is 1.52. The van der Waals surface area contributed by atoms with Gasteiger partial charge in [0.2, 0.25) is 0 Å². The standard InChI is InChI=1S/C11H23N3O5/c1-17-7-11(16)9-19-5-3-2-4-18-8-10(15)6-13-14-12/h10-11,15-16H,2-9H2,1H3. The minimum Gasteiger partial charge on any atom is -0.391 e. The van der Waals surface area contributed by atoms with Crippen LogP contribution in [-0.4, -0.2) is 69.1 Å². The van der Waals surface area contributed by atoms with Crippen molar-refractivity contribution in [3.8, 4) is 0 Å². The molecule has 0 spiro atoms. The molecule has 0 heterocycles. The average molecular weight is 277 g/mol. The lowest BCUT2D eigenvalue weighted by Crippen LogP contribution is -2.21. The van der Waals surface area contributed by atoms with Crippen molar-refractivity contribution >= 4 is 0 Å². The van der Waals surface area contributed by atoms with Crippen molar-refractivity contribution < 1.29 is 24.4 Å². The second kappa shape index (κ2) is 13.5. The lowest BCUT2D eigenvalue weighted by molar-refractivity contribution is -0.00912. The molecule has 2 N–H and O–H groups in total. The van der Waals surface area contributed by atoms with Crippen molar-refractivity contribution in [1.82, 2.24) is 0 Å². The Morgan fingerprint density at radius 1 is 1.05 bits per heavy atom. The summed E-state index contributed by atoms with van der Waals surface area (Å²) in [5.74, 6) is 0. The van der Waals surface area contributed by atoms with Crippen molar-refractivity contribution in [2.75, 3.05) is 46.7 Å². The fourth-order valence-corrected chi connectivity index (χ4v) is 1.27. The van der Waals surface area contributed by atoms with Crippen LogP contribution in [0.25, 0.3) is 10.4 Å². The number of unbranched alkanes of at least 4 members (excludes halogenated alkanes) is 1. The molecule has 0 saturated heterocycles. The molecule has 0 aliphatic carbocycles.